The summed E-state index contributed by atoms with van der Waals surface area (Å²) in [5.41, 5.74) is 3.83. The van der Waals surface area contributed by atoms with E-state index >= 15 is 0 Å². The van der Waals surface area contributed by atoms with Gasteiger partial charge in [0.15, 0.2) is 0 Å². The normalized spacial score (nSPS) is 17.2. The maximum Gasteiger partial charge on any atom is 0.495 e. The predicted molar refractivity (Wildman–Crippen MR) is 111 cm³/mol. The Morgan fingerprint density at radius 3 is 2.03 bits per heavy atom. The van der Waals surface area contributed by atoms with Crippen molar-refractivity contribution >= 4 is 30.3 Å². The topological polar surface area (TPSA) is 152 Å². The van der Waals surface area contributed by atoms with Gasteiger partial charge in [-0.3, -0.25) is 4.79 Å². The Morgan fingerprint density at radius 2 is 1.57 bits per heavy atom. The van der Waals surface area contributed by atoms with Gasteiger partial charge >= 0.3 is 19.1 Å². The van der Waals surface area contributed by atoms with Crippen LogP contribution in [0, 0.1) is 6.92 Å². The molecule has 3 rings (SSSR count). The van der Waals surface area contributed by atoms with Crippen LogP contribution in [0.1, 0.15) is 54.0 Å². The van der Waals surface area contributed by atoms with Crippen LogP contribution >= 0.6 is 0 Å². The Morgan fingerprint density at radius 1 is 1.03 bits per heavy atom. The number of H-pyrrole nitrogens is 1. The first-order chi connectivity index (χ1) is 13.8. The monoisotopic (exact) mass is 414 g/mol. The summed E-state index contributed by atoms with van der Waals surface area (Å²) in [6.45, 7) is 9.46. The fourth-order valence-corrected chi connectivity index (χ4v) is 3.40. The standard InChI is InChI=1S/C20H23BN2O7/c1-9-8-10(6-7-11(9)21-29-19(2,3)20(4,5)30-21)12-13(17(25)26)15(22)23-16(24)14(12)18(27)28/h6-8H,1-5H3,(H,25,26)(H,27,28)(H3,22,23,24). The van der Waals surface area contributed by atoms with Crippen molar-refractivity contribution in [2.75, 3.05) is 5.73 Å². The van der Waals surface area contributed by atoms with E-state index < -0.39 is 52.8 Å². The van der Waals surface area contributed by atoms with Crippen molar-refractivity contribution < 1.29 is 29.1 Å². The van der Waals surface area contributed by atoms with E-state index in [4.69, 9.17) is 15.0 Å². The number of benzene rings is 1. The molecule has 0 radical (unpaired) electrons. The van der Waals surface area contributed by atoms with Crippen LogP contribution in [0.3, 0.4) is 0 Å². The van der Waals surface area contributed by atoms with Gasteiger partial charge in [-0.2, -0.15) is 0 Å². The van der Waals surface area contributed by atoms with Gasteiger partial charge in [0.1, 0.15) is 16.9 Å². The molecular formula is C20H23BN2O7. The van der Waals surface area contributed by atoms with Crippen LogP contribution in [0.4, 0.5) is 5.82 Å². The first-order valence-corrected chi connectivity index (χ1v) is 9.25. The summed E-state index contributed by atoms with van der Waals surface area (Å²) in [5.74, 6) is -3.42. The lowest BCUT2D eigenvalue weighted by Crippen LogP contribution is -2.41. The fourth-order valence-electron chi connectivity index (χ4n) is 3.40. The lowest BCUT2D eigenvalue weighted by atomic mass is 9.75. The minimum Gasteiger partial charge on any atom is -0.478 e. The zero-order valence-corrected chi connectivity index (χ0v) is 17.3. The molecule has 5 N–H and O–H groups in total. The van der Waals surface area contributed by atoms with Crippen LogP contribution in [-0.2, 0) is 9.31 Å². The number of anilines is 1. The van der Waals surface area contributed by atoms with Crippen LogP contribution < -0.4 is 16.8 Å². The number of hydrogen-bond acceptors (Lipinski definition) is 6. The summed E-state index contributed by atoms with van der Waals surface area (Å²) in [5, 5.41) is 19.1. The second kappa shape index (κ2) is 7.00. The van der Waals surface area contributed by atoms with Gasteiger partial charge in [0.05, 0.1) is 11.2 Å². The second-order valence-corrected chi connectivity index (χ2v) is 8.26. The van der Waals surface area contributed by atoms with E-state index in [0.717, 1.165) is 0 Å². The third kappa shape index (κ3) is 3.38. The van der Waals surface area contributed by atoms with Crippen molar-refractivity contribution in [3.63, 3.8) is 0 Å². The number of aromatic amines is 1. The van der Waals surface area contributed by atoms with Crippen LogP contribution in [0.2, 0.25) is 0 Å². The van der Waals surface area contributed by atoms with Gasteiger partial charge in [-0.15, -0.1) is 0 Å². The summed E-state index contributed by atoms with van der Waals surface area (Å²) in [7, 11) is -0.647. The number of nitrogens with one attached hydrogen (secondary N) is 1. The maximum atomic E-state index is 12.2. The predicted octanol–water partition coefficient (Wildman–Crippen LogP) is 1.63. The maximum absolute atomic E-state index is 12.2. The number of aryl methyl sites for hydroxylation is 1. The highest BCUT2D eigenvalue weighted by molar-refractivity contribution is 6.62. The average molecular weight is 414 g/mol. The van der Waals surface area contributed by atoms with Gasteiger partial charge in [0.25, 0.3) is 5.56 Å². The summed E-state index contributed by atoms with van der Waals surface area (Å²) in [6.07, 6.45) is 0. The van der Waals surface area contributed by atoms with Crippen LogP contribution in [0.15, 0.2) is 23.0 Å². The van der Waals surface area contributed by atoms with Crippen molar-refractivity contribution in [2.45, 2.75) is 45.8 Å². The minimum atomic E-state index is -1.55. The summed E-state index contributed by atoms with van der Waals surface area (Å²) in [6, 6.07) is 4.79. The quantitative estimate of drug-likeness (QED) is 0.551. The van der Waals surface area contributed by atoms with Crippen LogP contribution in [-0.4, -0.2) is 45.5 Å². The number of pyridine rings is 1. The Balaban J connectivity index is 2.18. The molecule has 0 bridgehead atoms. The number of hydrogen-bond donors (Lipinski definition) is 4. The zero-order valence-electron chi connectivity index (χ0n) is 17.3. The van der Waals surface area contributed by atoms with Crippen molar-refractivity contribution in [1.82, 2.24) is 4.98 Å². The molecule has 0 aliphatic carbocycles. The molecule has 1 aromatic heterocycles. The largest absolute Gasteiger partial charge is 0.495 e. The number of carbonyl (C=O) groups is 2. The highest BCUT2D eigenvalue weighted by Crippen LogP contribution is 2.37. The molecule has 10 heteroatoms. The third-order valence-electron chi connectivity index (χ3n) is 5.74. The molecule has 0 amide bonds. The summed E-state index contributed by atoms with van der Waals surface area (Å²) in [4.78, 5) is 37.8. The van der Waals surface area contributed by atoms with E-state index in [1.165, 1.54) is 6.07 Å². The molecule has 0 saturated carbocycles. The molecule has 1 aliphatic rings. The number of carboxylic acids is 2. The molecule has 0 spiro atoms. The lowest BCUT2D eigenvalue weighted by molar-refractivity contribution is 0.00578. The fraction of sp³-hybridized carbons (Fsp3) is 0.350. The molecule has 1 aromatic carbocycles. The summed E-state index contributed by atoms with van der Waals surface area (Å²) >= 11 is 0. The van der Waals surface area contributed by atoms with Crippen LogP contribution in [0.5, 0.6) is 0 Å². The smallest absolute Gasteiger partial charge is 0.478 e. The number of aromatic carboxylic acids is 2. The molecule has 2 heterocycles. The summed E-state index contributed by atoms with van der Waals surface area (Å²) < 4.78 is 12.1. The van der Waals surface area contributed by atoms with Gasteiger partial charge < -0.3 is 30.2 Å². The molecular weight excluding hydrogens is 391 g/mol. The highest BCUT2D eigenvalue weighted by atomic mass is 16.7. The highest BCUT2D eigenvalue weighted by Gasteiger charge is 2.52. The lowest BCUT2D eigenvalue weighted by Gasteiger charge is -2.32. The molecule has 9 nitrogen and oxygen atoms in total. The first-order valence-electron chi connectivity index (χ1n) is 9.25. The SMILES string of the molecule is Cc1cc(-c2c(C(=O)O)c(N)[nH]c(=O)c2C(=O)O)ccc1B1OC(C)(C)C(C)(C)O1. The molecule has 1 saturated heterocycles. The van der Waals surface area contributed by atoms with E-state index in [2.05, 4.69) is 4.98 Å². The van der Waals surface area contributed by atoms with E-state index in [-0.39, 0.29) is 11.1 Å². The van der Waals surface area contributed by atoms with Gasteiger partial charge in [-0.05, 0) is 45.6 Å². The Bertz CT molecular complexity index is 1100. The molecule has 0 atom stereocenters. The first kappa shape index (κ1) is 21.6. The van der Waals surface area contributed by atoms with Crippen molar-refractivity contribution in [1.29, 1.82) is 0 Å². The number of nitrogens with two attached hydrogens (primary N) is 1. The molecule has 1 fully saturated rings. The number of rotatable bonds is 4. The van der Waals surface area contributed by atoms with E-state index in [1.54, 1.807) is 19.1 Å². The van der Waals surface area contributed by atoms with Gasteiger partial charge in [-0.25, -0.2) is 9.59 Å². The third-order valence-corrected chi connectivity index (χ3v) is 5.74. The van der Waals surface area contributed by atoms with Gasteiger partial charge in [-0.1, -0.05) is 23.8 Å². The Hall–Kier alpha value is -3.11. The minimum absolute atomic E-state index is 0.236. The van der Waals surface area contributed by atoms with Gasteiger partial charge in [0, 0.05) is 5.56 Å². The molecule has 1 aliphatic heterocycles. The van der Waals surface area contributed by atoms with E-state index in [0.29, 0.717) is 11.0 Å². The average Bonchev–Trinajstić information content (AvgIpc) is 2.80. The molecule has 2 aromatic rings. The molecule has 0 unspecified atom stereocenters. The molecule has 30 heavy (non-hydrogen) atoms. The van der Waals surface area contributed by atoms with E-state index in [9.17, 15) is 24.6 Å². The molecule has 158 valence electrons. The zero-order chi connectivity index (χ0) is 22.6. The number of aromatic nitrogens is 1. The van der Waals surface area contributed by atoms with Crippen LogP contribution in [0.25, 0.3) is 11.1 Å². The number of carboxylic acid groups (broad SMARTS) is 2. The second-order valence-electron chi connectivity index (χ2n) is 8.26. The van der Waals surface area contributed by atoms with Crippen molar-refractivity contribution in [3.05, 3.63) is 45.2 Å². The Labute approximate surface area is 173 Å². The van der Waals surface area contributed by atoms with Gasteiger partial charge in [0.2, 0.25) is 0 Å². The van der Waals surface area contributed by atoms with Crippen molar-refractivity contribution in [3.8, 4) is 11.1 Å². The number of nitrogen functional groups attached to an aromatic ring is 1. The van der Waals surface area contributed by atoms with E-state index in [1.807, 2.05) is 27.7 Å². The Kier molecular flexibility index (Phi) is 5.04. The van der Waals surface area contributed by atoms with Crippen molar-refractivity contribution in [2.24, 2.45) is 0 Å².